The molecule has 19 heavy (non-hydrogen) atoms. The predicted molar refractivity (Wildman–Crippen MR) is 72.9 cm³/mol. The summed E-state index contributed by atoms with van der Waals surface area (Å²) in [6, 6.07) is 1.77. The van der Waals surface area contributed by atoms with Crippen LogP contribution in [0.2, 0.25) is 0 Å². The lowest BCUT2D eigenvalue weighted by atomic mass is 9.92. The molecule has 1 saturated heterocycles. The number of hydrogen-bond donors (Lipinski definition) is 3. The lowest BCUT2D eigenvalue weighted by molar-refractivity contribution is 0.0784. The molecule has 0 amide bonds. The Hall–Kier alpha value is -1.17. The fraction of sp³-hybridized carbons (Fsp3) is 0.643. The van der Waals surface area contributed by atoms with Crippen LogP contribution in [0, 0.1) is 5.92 Å². The second-order valence-corrected chi connectivity index (χ2v) is 5.79. The van der Waals surface area contributed by atoms with Crippen LogP contribution in [0.1, 0.15) is 30.7 Å². The Balaban J connectivity index is 1.91. The minimum Gasteiger partial charge on any atom is -0.391 e. The molecule has 5 nitrogen and oxygen atoms in total. The molecule has 4 N–H and O–H groups in total. The molecule has 2 heterocycles. The monoisotopic (exact) mass is 263 g/mol. The topological polar surface area (TPSA) is 82.6 Å². The molecule has 0 bridgehead atoms. The number of aliphatic hydroxyl groups is 2. The van der Waals surface area contributed by atoms with Gasteiger partial charge >= 0.3 is 0 Å². The van der Waals surface area contributed by atoms with Gasteiger partial charge in [-0.1, -0.05) is 6.92 Å². The Kier molecular flexibility index (Phi) is 3.20. The summed E-state index contributed by atoms with van der Waals surface area (Å²) in [5, 5.41) is 19.8. The van der Waals surface area contributed by atoms with Crippen LogP contribution in [0.4, 0.5) is 5.69 Å². The van der Waals surface area contributed by atoms with Crippen molar-refractivity contribution in [2.75, 3.05) is 18.0 Å². The van der Waals surface area contributed by atoms with Crippen molar-refractivity contribution in [1.29, 1.82) is 0 Å². The molecule has 4 atom stereocenters. The third-order valence-corrected chi connectivity index (χ3v) is 4.35. The van der Waals surface area contributed by atoms with Gasteiger partial charge in [-0.2, -0.15) is 0 Å². The van der Waals surface area contributed by atoms with Gasteiger partial charge in [-0.15, -0.1) is 0 Å². The zero-order valence-corrected chi connectivity index (χ0v) is 11.2. The highest BCUT2D eigenvalue weighted by Gasteiger charge is 2.33. The molecular formula is C14H21N3O2. The second-order valence-electron chi connectivity index (χ2n) is 5.79. The van der Waals surface area contributed by atoms with Gasteiger partial charge < -0.3 is 20.8 Å². The molecule has 0 radical (unpaired) electrons. The van der Waals surface area contributed by atoms with Gasteiger partial charge in [0, 0.05) is 36.9 Å². The van der Waals surface area contributed by atoms with E-state index < -0.39 is 12.2 Å². The van der Waals surface area contributed by atoms with Gasteiger partial charge in [0.1, 0.15) is 0 Å². The molecule has 1 fully saturated rings. The Morgan fingerprint density at radius 1 is 1.37 bits per heavy atom. The van der Waals surface area contributed by atoms with E-state index in [1.807, 2.05) is 13.0 Å². The third-order valence-electron chi connectivity index (χ3n) is 4.35. The van der Waals surface area contributed by atoms with Crippen LogP contribution in [-0.4, -0.2) is 40.4 Å². The largest absolute Gasteiger partial charge is 0.391 e. The summed E-state index contributed by atoms with van der Waals surface area (Å²) in [7, 11) is 0. The summed E-state index contributed by atoms with van der Waals surface area (Å²) in [5.74, 6) is 0.152. The first-order valence-corrected chi connectivity index (χ1v) is 6.92. The van der Waals surface area contributed by atoms with Crippen molar-refractivity contribution in [1.82, 2.24) is 4.98 Å². The Morgan fingerprint density at radius 3 is 2.89 bits per heavy atom. The van der Waals surface area contributed by atoms with E-state index in [2.05, 4.69) is 9.88 Å². The lowest BCUT2D eigenvalue weighted by Crippen LogP contribution is -2.55. The maximum Gasteiger partial charge on any atom is 0.0966 e. The molecule has 3 rings (SSSR count). The number of aromatic nitrogens is 1. The van der Waals surface area contributed by atoms with Crippen molar-refractivity contribution in [3.63, 3.8) is 0 Å². The number of pyridine rings is 1. The summed E-state index contributed by atoms with van der Waals surface area (Å²) in [4.78, 5) is 6.51. The van der Waals surface area contributed by atoms with Gasteiger partial charge in [0.05, 0.1) is 17.9 Å². The van der Waals surface area contributed by atoms with Crippen molar-refractivity contribution in [3.05, 3.63) is 23.5 Å². The summed E-state index contributed by atoms with van der Waals surface area (Å²) >= 11 is 0. The molecule has 1 unspecified atom stereocenters. The van der Waals surface area contributed by atoms with Gasteiger partial charge in [-0.05, 0) is 24.5 Å². The number of nitrogens with two attached hydrogens (primary N) is 1. The highest BCUT2D eigenvalue weighted by molar-refractivity contribution is 5.57. The first-order chi connectivity index (χ1) is 9.08. The molecule has 1 aliphatic carbocycles. The van der Waals surface area contributed by atoms with Gasteiger partial charge in [-0.25, -0.2) is 0 Å². The van der Waals surface area contributed by atoms with Gasteiger partial charge in [-0.3, -0.25) is 4.98 Å². The van der Waals surface area contributed by atoms with Crippen LogP contribution in [0.3, 0.4) is 0 Å². The number of anilines is 1. The highest BCUT2D eigenvalue weighted by Crippen LogP contribution is 2.36. The van der Waals surface area contributed by atoms with Crippen molar-refractivity contribution in [3.8, 4) is 0 Å². The van der Waals surface area contributed by atoms with Crippen molar-refractivity contribution in [2.45, 2.75) is 38.0 Å². The molecule has 0 spiro atoms. The van der Waals surface area contributed by atoms with Crippen LogP contribution in [-0.2, 0) is 6.42 Å². The minimum atomic E-state index is -0.434. The molecule has 1 aromatic heterocycles. The fourth-order valence-corrected chi connectivity index (χ4v) is 3.27. The number of aliphatic hydroxyl groups excluding tert-OH is 2. The van der Waals surface area contributed by atoms with Crippen LogP contribution in [0.5, 0.6) is 0 Å². The Morgan fingerprint density at radius 2 is 2.16 bits per heavy atom. The smallest absolute Gasteiger partial charge is 0.0966 e. The van der Waals surface area contributed by atoms with Crippen LogP contribution >= 0.6 is 0 Å². The van der Waals surface area contributed by atoms with Crippen LogP contribution < -0.4 is 10.6 Å². The third kappa shape index (κ3) is 2.12. The molecule has 0 aromatic carbocycles. The Bertz CT molecular complexity index is 468. The SMILES string of the molecule is C[C@H]1CN(c2ccnc3c2CCC3O)C[C@@H](N)[C@@H]1O. The molecule has 2 aliphatic rings. The minimum absolute atomic E-state index is 0.152. The molecule has 0 saturated carbocycles. The van der Waals surface area contributed by atoms with E-state index >= 15 is 0 Å². The zero-order chi connectivity index (χ0) is 13.6. The standard InChI is InChI=1S/C14H21N3O2/c1-8-6-17(7-10(15)14(8)19)11-4-5-16-13-9(11)2-3-12(13)18/h4-5,8,10,12,14,18-19H,2-3,6-7,15H2,1H3/t8-,10+,12?,14+/m0/s1. The average Bonchev–Trinajstić information content (AvgIpc) is 2.77. The molecule has 5 heteroatoms. The van der Waals surface area contributed by atoms with E-state index in [9.17, 15) is 10.2 Å². The molecule has 1 aromatic rings. The van der Waals surface area contributed by atoms with Crippen LogP contribution in [0.15, 0.2) is 12.3 Å². The maximum absolute atomic E-state index is 9.94. The second kappa shape index (κ2) is 4.74. The van der Waals surface area contributed by atoms with Crippen molar-refractivity contribution >= 4 is 5.69 Å². The number of fused-ring (bicyclic) bond motifs is 1. The normalized spacial score (nSPS) is 34.4. The summed E-state index contributed by atoms with van der Waals surface area (Å²) in [6.45, 7) is 3.46. The van der Waals surface area contributed by atoms with E-state index in [1.54, 1.807) is 6.20 Å². The summed E-state index contributed by atoms with van der Waals surface area (Å²) in [5.41, 5.74) is 9.09. The fourth-order valence-electron chi connectivity index (χ4n) is 3.27. The molecular weight excluding hydrogens is 242 g/mol. The zero-order valence-electron chi connectivity index (χ0n) is 11.2. The van der Waals surface area contributed by atoms with Crippen molar-refractivity contribution < 1.29 is 10.2 Å². The lowest BCUT2D eigenvalue weighted by Gasteiger charge is -2.40. The highest BCUT2D eigenvalue weighted by atomic mass is 16.3. The van der Waals surface area contributed by atoms with E-state index in [0.717, 1.165) is 36.3 Å². The maximum atomic E-state index is 9.94. The first kappa shape index (κ1) is 12.8. The number of nitrogens with zero attached hydrogens (tertiary/aromatic N) is 2. The number of piperidine rings is 1. The quantitative estimate of drug-likeness (QED) is 0.674. The first-order valence-electron chi connectivity index (χ1n) is 6.92. The number of hydrogen-bond acceptors (Lipinski definition) is 5. The average molecular weight is 263 g/mol. The van der Waals surface area contributed by atoms with Gasteiger partial charge in [0.2, 0.25) is 0 Å². The van der Waals surface area contributed by atoms with E-state index in [0.29, 0.717) is 6.54 Å². The summed E-state index contributed by atoms with van der Waals surface area (Å²) < 4.78 is 0. The van der Waals surface area contributed by atoms with Crippen molar-refractivity contribution in [2.24, 2.45) is 11.7 Å². The molecule has 1 aliphatic heterocycles. The van der Waals surface area contributed by atoms with Crippen LogP contribution in [0.25, 0.3) is 0 Å². The van der Waals surface area contributed by atoms with E-state index in [4.69, 9.17) is 5.73 Å². The molecule has 104 valence electrons. The van der Waals surface area contributed by atoms with Gasteiger partial charge in [0.15, 0.2) is 0 Å². The predicted octanol–water partition coefficient (Wildman–Crippen LogP) is 0.205. The van der Waals surface area contributed by atoms with E-state index in [1.165, 1.54) is 0 Å². The van der Waals surface area contributed by atoms with E-state index in [-0.39, 0.29) is 12.0 Å². The summed E-state index contributed by atoms with van der Waals surface area (Å²) in [6.07, 6.45) is 2.50. The Labute approximate surface area is 113 Å². The number of rotatable bonds is 1. The van der Waals surface area contributed by atoms with Gasteiger partial charge in [0.25, 0.3) is 0 Å².